The summed E-state index contributed by atoms with van der Waals surface area (Å²) in [6, 6.07) is 14.0. The van der Waals surface area contributed by atoms with Crippen molar-refractivity contribution in [3.05, 3.63) is 84.2 Å². The number of hydrogen-bond acceptors (Lipinski definition) is 3. The maximum Gasteiger partial charge on any atom is 0.416 e. The van der Waals surface area contributed by atoms with E-state index in [0.29, 0.717) is 17.3 Å². The molecular weight excluding hydrogens is 415 g/mol. The van der Waals surface area contributed by atoms with Crippen LogP contribution >= 0.6 is 0 Å². The average Bonchev–Trinajstić information content (AvgIpc) is 3.10. The molecule has 9 heteroatoms. The molecule has 2 heterocycles. The molecule has 154 valence electrons. The fourth-order valence-corrected chi connectivity index (χ4v) is 4.11. The van der Waals surface area contributed by atoms with Crippen LogP contribution in [0.15, 0.2) is 78.0 Å². The Morgan fingerprint density at radius 3 is 2.53 bits per heavy atom. The SMILES string of the molecule is Cc1ccn2cc(-c3cccc(NS(=O)(=O)c4cccc(C(F)(F)F)c4)c3)nc2c1. The van der Waals surface area contributed by atoms with E-state index < -0.39 is 26.7 Å². The number of nitrogens with one attached hydrogen (secondary N) is 1. The summed E-state index contributed by atoms with van der Waals surface area (Å²) in [5, 5.41) is 0. The van der Waals surface area contributed by atoms with Crippen LogP contribution in [0, 0.1) is 6.92 Å². The van der Waals surface area contributed by atoms with Gasteiger partial charge in [0.25, 0.3) is 10.0 Å². The molecule has 0 radical (unpaired) electrons. The van der Waals surface area contributed by atoms with Crippen molar-refractivity contribution in [1.82, 2.24) is 9.38 Å². The van der Waals surface area contributed by atoms with E-state index in [4.69, 9.17) is 0 Å². The average molecular weight is 431 g/mol. The predicted molar refractivity (Wildman–Crippen MR) is 108 cm³/mol. The van der Waals surface area contributed by atoms with Gasteiger partial charge in [0.15, 0.2) is 0 Å². The fraction of sp³-hybridized carbons (Fsp3) is 0.0952. The number of hydrogen-bond donors (Lipinski definition) is 1. The number of sulfonamides is 1. The lowest BCUT2D eigenvalue weighted by Gasteiger charge is -2.11. The number of halogens is 3. The summed E-state index contributed by atoms with van der Waals surface area (Å²) in [6.45, 7) is 1.96. The quantitative estimate of drug-likeness (QED) is 0.487. The summed E-state index contributed by atoms with van der Waals surface area (Å²) in [7, 11) is -4.20. The zero-order valence-electron chi connectivity index (χ0n) is 15.7. The highest BCUT2D eigenvalue weighted by Crippen LogP contribution is 2.31. The van der Waals surface area contributed by atoms with E-state index in [2.05, 4.69) is 9.71 Å². The van der Waals surface area contributed by atoms with Crippen LogP contribution in [0.4, 0.5) is 18.9 Å². The van der Waals surface area contributed by atoms with Crippen LogP contribution < -0.4 is 4.72 Å². The maximum absolute atomic E-state index is 12.9. The topological polar surface area (TPSA) is 63.5 Å². The highest BCUT2D eigenvalue weighted by atomic mass is 32.2. The van der Waals surface area contributed by atoms with Gasteiger partial charge in [0.1, 0.15) is 5.65 Å². The number of benzene rings is 2. The Hall–Kier alpha value is -3.33. The van der Waals surface area contributed by atoms with Crippen LogP contribution in [-0.4, -0.2) is 17.8 Å². The molecule has 0 saturated heterocycles. The van der Waals surface area contributed by atoms with Crippen LogP contribution in [0.1, 0.15) is 11.1 Å². The molecular formula is C21H16F3N3O2S. The molecule has 2 aromatic carbocycles. The second kappa shape index (κ2) is 7.17. The summed E-state index contributed by atoms with van der Waals surface area (Å²) < 4.78 is 68.1. The van der Waals surface area contributed by atoms with Crippen LogP contribution in [-0.2, 0) is 16.2 Å². The number of aromatic nitrogens is 2. The Morgan fingerprint density at radius 1 is 1.00 bits per heavy atom. The van der Waals surface area contributed by atoms with Gasteiger partial charge in [-0.05, 0) is 55.0 Å². The first-order chi connectivity index (χ1) is 14.1. The number of aryl methyl sites for hydroxylation is 1. The lowest BCUT2D eigenvalue weighted by atomic mass is 10.1. The Morgan fingerprint density at radius 2 is 1.77 bits per heavy atom. The maximum atomic E-state index is 12.9. The molecule has 0 spiro atoms. The first-order valence-corrected chi connectivity index (χ1v) is 10.4. The van der Waals surface area contributed by atoms with Crippen LogP contribution in [0.2, 0.25) is 0 Å². The van der Waals surface area contributed by atoms with E-state index in [1.54, 1.807) is 18.2 Å². The molecule has 30 heavy (non-hydrogen) atoms. The van der Waals surface area contributed by atoms with Gasteiger partial charge in [0.05, 0.1) is 16.2 Å². The van der Waals surface area contributed by atoms with Crippen molar-refractivity contribution in [1.29, 1.82) is 0 Å². The van der Waals surface area contributed by atoms with Gasteiger partial charge in [0, 0.05) is 23.6 Å². The van der Waals surface area contributed by atoms with E-state index in [9.17, 15) is 21.6 Å². The first-order valence-electron chi connectivity index (χ1n) is 8.88. The van der Waals surface area contributed by atoms with E-state index in [1.807, 2.05) is 35.9 Å². The molecule has 0 amide bonds. The van der Waals surface area contributed by atoms with E-state index in [0.717, 1.165) is 29.4 Å². The number of nitrogens with zero attached hydrogens (tertiary/aromatic N) is 2. The third kappa shape index (κ3) is 4.02. The molecule has 4 aromatic rings. The second-order valence-corrected chi connectivity index (χ2v) is 8.49. The van der Waals surface area contributed by atoms with Gasteiger partial charge in [-0.1, -0.05) is 18.2 Å². The van der Waals surface area contributed by atoms with Crippen LogP contribution in [0.25, 0.3) is 16.9 Å². The Balaban J connectivity index is 1.65. The normalized spacial score (nSPS) is 12.3. The summed E-state index contributed by atoms with van der Waals surface area (Å²) in [5.41, 5.74) is 2.31. The summed E-state index contributed by atoms with van der Waals surface area (Å²) >= 11 is 0. The molecule has 0 saturated carbocycles. The molecule has 0 atom stereocenters. The molecule has 2 aromatic heterocycles. The minimum Gasteiger partial charge on any atom is -0.306 e. The molecule has 0 aliphatic rings. The largest absolute Gasteiger partial charge is 0.416 e. The lowest BCUT2D eigenvalue weighted by Crippen LogP contribution is -2.14. The fourth-order valence-electron chi connectivity index (χ4n) is 3.02. The minimum atomic E-state index is -4.63. The smallest absolute Gasteiger partial charge is 0.306 e. The number of anilines is 1. The molecule has 0 bridgehead atoms. The van der Waals surface area contributed by atoms with Crippen molar-refractivity contribution < 1.29 is 21.6 Å². The molecule has 0 aliphatic carbocycles. The van der Waals surface area contributed by atoms with E-state index in [1.165, 1.54) is 6.07 Å². The van der Waals surface area contributed by atoms with Gasteiger partial charge in [-0.2, -0.15) is 13.2 Å². The Labute approximate surface area is 170 Å². The van der Waals surface area contributed by atoms with Crippen molar-refractivity contribution in [2.75, 3.05) is 4.72 Å². The lowest BCUT2D eigenvalue weighted by molar-refractivity contribution is -0.137. The summed E-state index contributed by atoms with van der Waals surface area (Å²) in [5.74, 6) is 0. The van der Waals surface area contributed by atoms with Gasteiger partial charge in [0.2, 0.25) is 0 Å². The van der Waals surface area contributed by atoms with Crippen molar-refractivity contribution in [3.8, 4) is 11.3 Å². The predicted octanol–water partition coefficient (Wildman–Crippen LogP) is 5.13. The highest BCUT2D eigenvalue weighted by Gasteiger charge is 2.31. The Bertz CT molecular complexity index is 1350. The zero-order valence-corrected chi connectivity index (χ0v) is 16.5. The van der Waals surface area contributed by atoms with E-state index >= 15 is 0 Å². The Kier molecular flexibility index (Phi) is 4.77. The molecule has 5 nitrogen and oxygen atoms in total. The third-order valence-electron chi connectivity index (χ3n) is 4.50. The van der Waals surface area contributed by atoms with Gasteiger partial charge in [-0.3, -0.25) is 4.72 Å². The van der Waals surface area contributed by atoms with Crippen molar-refractivity contribution in [2.45, 2.75) is 18.0 Å². The van der Waals surface area contributed by atoms with Gasteiger partial charge >= 0.3 is 6.18 Å². The molecule has 0 aliphatic heterocycles. The number of rotatable bonds is 4. The van der Waals surface area contributed by atoms with Gasteiger partial charge in [-0.15, -0.1) is 0 Å². The number of alkyl halides is 3. The first kappa shape index (κ1) is 20.0. The summed E-state index contributed by atoms with van der Waals surface area (Å²) in [4.78, 5) is 4.07. The number of pyridine rings is 1. The van der Waals surface area contributed by atoms with Gasteiger partial charge in [-0.25, -0.2) is 13.4 Å². The monoisotopic (exact) mass is 431 g/mol. The minimum absolute atomic E-state index is 0.221. The highest BCUT2D eigenvalue weighted by molar-refractivity contribution is 7.92. The van der Waals surface area contributed by atoms with Gasteiger partial charge < -0.3 is 4.40 Å². The molecule has 0 unspecified atom stereocenters. The van der Waals surface area contributed by atoms with E-state index in [-0.39, 0.29) is 5.69 Å². The second-order valence-electron chi connectivity index (χ2n) is 6.81. The standard InChI is InChI=1S/C21H16F3N3O2S/c1-14-8-9-27-13-19(25-20(27)10-14)15-4-2-6-17(11-15)26-30(28,29)18-7-3-5-16(12-18)21(22,23)24/h2-13,26H,1H3. The molecule has 4 rings (SSSR count). The van der Waals surface area contributed by atoms with Crippen molar-refractivity contribution in [3.63, 3.8) is 0 Å². The van der Waals surface area contributed by atoms with Crippen molar-refractivity contribution >= 4 is 21.4 Å². The molecule has 1 N–H and O–H groups in total. The van der Waals surface area contributed by atoms with Crippen LogP contribution in [0.3, 0.4) is 0 Å². The molecule has 0 fully saturated rings. The summed E-state index contributed by atoms with van der Waals surface area (Å²) in [6.07, 6.45) is -0.941. The zero-order chi connectivity index (χ0) is 21.5. The van der Waals surface area contributed by atoms with Crippen molar-refractivity contribution in [2.24, 2.45) is 0 Å². The van der Waals surface area contributed by atoms with Crippen LogP contribution in [0.5, 0.6) is 0 Å². The number of fused-ring (bicyclic) bond motifs is 1. The third-order valence-corrected chi connectivity index (χ3v) is 5.88. The number of imidazole rings is 1.